The first-order chi connectivity index (χ1) is 6.27. The molecule has 0 unspecified atom stereocenters. The summed E-state index contributed by atoms with van der Waals surface area (Å²) in [5.41, 5.74) is 3.27. The standard InChI is InChI=1S/C11H21NO/c1-8(2)7-13-12-11(9-3-4-9)10-5-6-10/h8-12H,3-7H2,1-2H3. The first-order valence-corrected chi connectivity index (χ1v) is 5.64. The first kappa shape index (κ1) is 9.47. The molecule has 0 spiro atoms. The average molecular weight is 183 g/mol. The minimum Gasteiger partial charge on any atom is -0.301 e. The molecule has 13 heavy (non-hydrogen) atoms. The Morgan fingerprint density at radius 1 is 1.15 bits per heavy atom. The lowest BCUT2D eigenvalue weighted by Gasteiger charge is -2.17. The Morgan fingerprint density at radius 3 is 2.08 bits per heavy atom. The summed E-state index contributed by atoms with van der Waals surface area (Å²) in [6.45, 7) is 5.21. The lowest BCUT2D eigenvalue weighted by Crippen LogP contribution is -2.34. The third-order valence-electron chi connectivity index (χ3n) is 2.90. The van der Waals surface area contributed by atoms with E-state index in [0.29, 0.717) is 12.0 Å². The highest BCUT2D eigenvalue weighted by Gasteiger charge is 2.41. The topological polar surface area (TPSA) is 21.3 Å². The highest BCUT2D eigenvalue weighted by atomic mass is 16.6. The summed E-state index contributed by atoms with van der Waals surface area (Å²) >= 11 is 0. The average Bonchev–Trinajstić information content (AvgIpc) is 2.89. The molecule has 2 aliphatic carbocycles. The fourth-order valence-electron chi connectivity index (χ4n) is 1.80. The van der Waals surface area contributed by atoms with Crippen LogP contribution < -0.4 is 5.48 Å². The Morgan fingerprint density at radius 2 is 1.69 bits per heavy atom. The molecule has 2 nitrogen and oxygen atoms in total. The lowest BCUT2D eigenvalue weighted by molar-refractivity contribution is -0.00901. The Bertz CT molecular complexity index is 149. The third-order valence-corrected chi connectivity index (χ3v) is 2.90. The molecule has 0 saturated heterocycles. The van der Waals surface area contributed by atoms with Crippen LogP contribution in [0.1, 0.15) is 39.5 Å². The van der Waals surface area contributed by atoms with Gasteiger partial charge in [0.15, 0.2) is 0 Å². The third kappa shape index (κ3) is 2.96. The number of hydroxylamine groups is 1. The maximum Gasteiger partial charge on any atom is 0.0705 e. The van der Waals surface area contributed by atoms with Gasteiger partial charge in [-0.05, 0) is 43.4 Å². The maximum atomic E-state index is 5.51. The zero-order chi connectivity index (χ0) is 9.26. The minimum absolute atomic E-state index is 0.631. The number of hydrogen-bond donors (Lipinski definition) is 1. The molecule has 0 aliphatic heterocycles. The Balaban J connectivity index is 1.64. The predicted octanol–water partition coefficient (Wildman–Crippen LogP) is 2.35. The van der Waals surface area contributed by atoms with Gasteiger partial charge in [0, 0.05) is 6.04 Å². The molecule has 0 aromatic rings. The van der Waals surface area contributed by atoms with E-state index in [2.05, 4.69) is 19.3 Å². The maximum absolute atomic E-state index is 5.51. The number of nitrogens with one attached hydrogen (secondary N) is 1. The minimum atomic E-state index is 0.631. The second-order valence-corrected chi connectivity index (χ2v) is 5.02. The van der Waals surface area contributed by atoms with E-state index in [1.165, 1.54) is 25.7 Å². The van der Waals surface area contributed by atoms with Gasteiger partial charge in [-0.1, -0.05) is 13.8 Å². The largest absolute Gasteiger partial charge is 0.301 e. The molecule has 1 N–H and O–H groups in total. The smallest absolute Gasteiger partial charge is 0.0705 e. The van der Waals surface area contributed by atoms with Crippen LogP contribution in [0.3, 0.4) is 0 Å². The Kier molecular flexibility index (Phi) is 2.89. The van der Waals surface area contributed by atoms with Crippen LogP contribution >= 0.6 is 0 Å². The molecule has 0 bridgehead atoms. The second-order valence-electron chi connectivity index (χ2n) is 5.02. The molecule has 0 amide bonds. The van der Waals surface area contributed by atoms with Gasteiger partial charge in [-0.3, -0.25) is 0 Å². The van der Waals surface area contributed by atoms with E-state index in [0.717, 1.165) is 18.4 Å². The van der Waals surface area contributed by atoms with Crippen molar-refractivity contribution in [2.45, 2.75) is 45.6 Å². The highest BCUT2D eigenvalue weighted by molar-refractivity contribution is 4.94. The molecule has 0 heterocycles. The van der Waals surface area contributed by atoms with E-state index in [9.17, 15) is 0 Å². The van der Waals surface area contributed by atoms with Crippen molar-refractivity contribution in [1.82, 2.24) is 5.48 Å². The molecule has 2 aliphatic rings. The van der Waals surface area contributed by atoms with Crippen molar-refractivity contribution in [3.63, 3.8) is 0 Å². The normalized spacial score (nSPS) is 23.1. The summed E-state index contributed by atoms with van der Waals surface area (Å²) < 4.78 is 0. The van der Waals surface area contributed by atoms with E-state index in [1.54, 1.807) is 0 Å². The summed E-state index contributed by atoms with van der Waals surface area (Å²) in [6, 6.07) is 0.679. The van der Waals surface area contributed by atoms with Gasteiger partial charge in [0.25, 0.3) is 0 Å². The van der Waals surface area contributed by atoms with Crippen LogP contribution in [0.25, 0.3) is 0 Å². The molecule has 2 rings (SSSR count). The van der Waals surface area contributed by atoms with Crippen molar-refractivity contribution in [3.8, 4) is 0 Å². The van der Waals surface area contributed by atoms with Crippen LogP contribution in [0, 0.1) is 17.8 Å². The molecule has 2 saturated carbocycles. The van der Waals surface area contributed by atoms with E-state index < -0.39 is 0 Å². The van der Waals surface area contributed by atoms with Gasteiger partial charge in [-0.25, -0.2) is 0 Å². The second kappa shape index (κ2) is 3.97. The molecule has 0 aromatic heterocycles. The zero-order valence-electron chi connectivity index (χ0n) is 8.75. The van der Waals surface area contributed by atoms with Crippen molar-refractivity contribution in [3.05, 3.63) is 0 Å². The van der Waals surface area contributed by atoms with Gasteiger partial charge >= 0.3 is 0 Å². The molecule has 2 fully saturated rings. The first-order valence-electron chi connectivity index (χ1n) is 5.64. The summed E-state index contributed by atoms with van der Waals surface area (Å²) in [5.74, 6) is 2.49. The van der Waals surface area contributed by atoms with Crippen molar-refractivity contribution < 1.29 is 4.84 Å². The van der Waals surface area contributed by atoms with Gasteiger partial charge in [0.1, 0.15) is 0 Å². The zero-order valence-corrected chi connectivity index (χ0v) is 8.75. The number of rotatable bonds is 6. The van der Waals surface area contributed by atoms with Gasteiger partial charge < -0.3 is 4.84 Å². The summed E-state index contributed by atoms with van der Waals surface area (Å²) in [7, 11) is 0. The molecular formula is C11H21NO. The summed E-state index contributed by atoms with van der Waals surface area (Å²) in [4.78, 5) is 5.51. The van der Waals surface area contributed by atoms with Gasteiger partial charge in [0.05, 0.1) is 6.61 Å². The molecule has 0 aromatic carbocycles. The van der Waals surface area contributed by atoms with Crippen molar-refractivity contribution >= 4 is 0 Å². The quantitative estimate of drug-likeness (QED) is 0.638. The van der Waals surface area contributed by atoms with Crippen molar-refractivity contribution in [2.24, 2.45) is 17.8 Å². The molecule has 2 heteroatoms. The molecule has 0 radical (unpaired) electrons. The predicted molar refractivity (Wildman–Crippen MR) is 53.2 cm³/mol. The van der Waals surface area contributed by atoms with Crippen LogP contribution in [0.15, 0.2) is 0 Å². The van der Waals surface area contributed by atoms with Gasteiger partial charge in [-0.2, -0.15) is 5.48 Å². The molecule has 76 valence electrons. The van der Waals surface area contributed by atoms with E-state index in [-0.39, 0.29) is 0 Å². The lowest BCUT2D eigenvalue weighted by atomic mass is 10.1. The highest BCUT2D eigenvalue weighted by Crippen LogP contribution is 2.44. The van der Waals surface area contributed by atoms with E-state index in [1.807, 2.05) is 0 Å². The molecular weight excluding hydrogens is 162 g/mol. The fourth-order valence-corrected chi connectivity index (χ4v) is 1.80. The van der Waals surface area contributed by atoms with E-state index >= 15 is 0 Å². The Labute approximate surface area is 81.0 Å². The van der Waals surface area contributed by atoms with Crippen LogP contribution in [-0.4, -0.2) is 12.6 Å². The van der Waals surface area contributed by atoms with Crippen LogP contribution in [0.4, 0.5) is 0 Å². The van der Waals surface area contributed by atoms with Crippen LogP contribution in [-0.2, 0) is 4.84 Å². The molecule has 0 atom stereocenters. The van der Waals surface area contributed by atoms with Gasteiger partial charge in [0.2, 0.25) is 0 Å². The fraction of sp³-hybridized carbons (Fsp3) is 1.00. The van der Waals surface area contributed by atoms with Crippen LogP contribution in [0.2, 0.25) is 0 Å². The van der Waals surface area contributed by atoms with Crippen LogP contribution in [0.5, 0.6) is 0 Å². The number of hydrogen-bond acceptors (Lipinski definition) is 2. The van der Waals surface area contributed by atoms with Crippen molar-refractivity contribution in [2.75, 3.05) is 6.61 Å². The van der Waals surface area contributed by atoms with E-state index in [4.69, 9.17) is 4.84 Å². The summed E-state index contributed by atoms with van der Waals surface area (Å²) in [6.07, 6.45) is 5.66. The monoisotopic (exact) mass is 183 g/mol. The SMILES string of the molecule is CC(C)CONC(C1CC1)C1CC1. The van der Waals surface area contributed by atoms with Crippen molar-refractivity contribution in [1.29, 1.82) is 0 Å². The Hall–Kier alpha value is -0.0800. The van der Waals surface area contributed by atoms with Gasteiger partial charge in [-0.15, -0.1) is 0 Å². The summed E-state index contributed by atoms with van der Waals surface area (Å²) in [5, 5.41) is 0.